The van der Waals surface area contributed by atoms with Gasteiger partial charge in [0.15, 0.2) is 0 Å². The van der Waals surface area contributed by atoms with E-state index in [-0.39, 0.29) is 16.8 Å². The van der Waals surface area contributed by atoms with Crippen LogP contribution in [0, 0.1) is 17.8 Å². The smallest absolute Gasteiger partial charge is 0.251 e. The molecule has 4 atom stereocenters. The highest BCUT2D eigenvalue weighted by molar-refractivity contribution is 7.89. The van der Waals surface area contributed by atoms with E-state index in [2.05, 4.69) is 31.4 Å². The molecule has 2 N–H and O–H groups in total. The summed E-state index contributed by atoms with van der Waals surface area (Å²) in [6, 6.07) is 6.49. The molecule has 1 amide bonds. The van der Waals surface area contributed by atoms with Crippen molar-refractivity contribution in [1.29, 1.82) is 0 Å². The van der Waals surface area contributed by atoms with Gasteiger partial charge in [-0.15, -0.1) is 0 Å². The van der Waals surface area contributed by atoms with Gasteiger partial charge in [-0.3, -0.25) is 4.79 Å². The number of nitrogens with one attached hydrogen (secondary N) is 2. The summed E-state index contributed by atoms with van der Waals surface area (Å²) in [7, 11) is -3.51. The summed E-state index contributed by atoms with van der Waals surface area (Å²) >= 11 is 0. The second-order valence-electron chi connectivity index (χ2n) is 8.34. The summed E-state index contributed by atoms with van der Waals surface area (Å²) in [4.78, 5) is 12.8. The van der Waals surface area contributed by atoms with Crippen LogP contribution in [-0.2, 0) is 10.0 Å². The number of sulfonamides is 1. The lowest BCUT2D eigenvalue weighted by Crippen LogP contribution is -2.48. The molecule has 150 valence electrons. The largest absolute Gasteiger partial charge is 0.349 e. The number of carbonyl (C=O) groups is 1. The normalized spacial score (nSPS) is 30.0. The second kappa shape index (κ2) is 8.29. The SMILES string of the molecule is CC1CC(C)CN(S(=O)(=O)c2ccc(C(=O)NC3CCNCC3C)cc2)C1. The first-order valence-electron chi connectivity index (χ1n) is 9.89. The van der Waals surface area contributed by atoms with E-state index in [4.69, 9.17) is 0 Å². The van der Waals surface area contributed by atoms with Crippen molar-refractivity contribution in [1.82, 2.24) is 14.9 Å². The van der Waals surface area contributed by atoms with Crippen molar-refractivity contribution < 1.29 is 13.2 Å². The average Bonchev–Trinajstić information content (AvgIpc) is 2.63. The minimum absolute atomic E-state index is 0.141. The van der Waals surface area contributed by atoms with Gasteiger partial charge in [-0.1, -0.05) is 20.8 Å². The van der Waals surface area contributed by atoms with Crippen molar-refractivity contribution in [3.63, 3.8) is 0 Å². The Morgan fingerprint density at radius 2 is 1.74 bits per heavy atom. The van der Waals surface area contributed by atoms with E-state index < -0.39 is 10.0 Å². The zero-order valence-corrected chi connectivity index (χ0v) is 17.3. The van der Waals surface area contributed by atoms with Crippen LogP contribution in [0.5, 0.6) is 0 Å². The van der Waals surface area contributed by atoms with Crippen molar-refractivity contribution >= 4 is 15.9 Å². The summed E-state index contributed by atoms with van der Waals surface area (Å²) < 4.78 is 27.5. The van der Waals surface area contributed by atoms with Crippen LogP contribution in [0.15, 0.2) is 29.2 Å². The molecule has 2 aliphatic heterocycles. The standard InChI is InChI=1S/C20H31N3O3S/c1-14-10-15(2)13-23(12-14)27(25,26)18-6-4-17(5-7-18)20(24)22-19-8-9-21-11-16(19)3/h4-7,14-16,19,21H,8-13H2,1-3H3,(H,22,24). The van der Waals surface area contributed by atoms with Crippen LogP contribution < -0.4 is 10.6 Å². The van der Waals surface area contributed by atoms with E-state index in [9.17, 15) is 13.2 Å². The van der Waals surface area contributed by atoms with E-state index in [1.54, 1.807) is 28.6 Å². The van der Waals surface area contributed by atoms with E-state index in [1.165, 1.54) is 0 Å². The minimum atomic E-state index is -3.51. The molecule has 0 bridgehead atoms. The fourth-order valence-electron chi connectivity index (χ4n) is 4.21. The third-order valence-corrected chi connectivity index (χ3v) is 7.54. The monoisotopic (exact) mass is 393 g/mol. The van der Waals surface area contributed by atoms with Gasteiger partial charge in [-0.2, -0.15) is 4.31 Å². The molecule has 1 aromatic rings. The average molecular weight is 394 g/mol. The maximum absolute atomic E-state index is 12.9. The number of amides is 1. The number of hydrogen-bond donors (Lipinski definition) is 2. The lowest BCUT2D eigenvalue weighted by Gasteiger charge is -2.34. The lowest BCUT2D eigenvalue weighted by molar-refractivity contribution is 0.0914. The fourth-order valence-corrected chi connectivity index (χ4v) is 5.89. The quantitative estimate of drug-likeness (QED) is 0.821. The Bertz CT molecular complexity index is 753. The number of carbonyl (C=O) groups excluding carboxylic acids is 1. The molecule has 6 nitrogen and oxygen atoms in total. The highest BCUT2D eigenvalue weighted by Crippen LogP contribution is 2.26. The predicted molar refractivity (Wildman–Crippen MR) is 106 cm³/mol. The molecular formula is C20H31N3O3S. The van der Waals surface area contributed by atoms with Crippen molar-refractivity contribution in [2.45, 2.75) is 44.6 Å². The fraction of sp³-hybridized carbons (Fsp3) is 0.650. The maximum atomic E-state index is 12.9. The van der Waals surface area contributed by atoms with E-state index >= 15 is 0 Å². The van der Waals surface area contributed by atoms with Gasteiger partial charge in [0.2, 0.25) is 10.0 Å². The van der Waals surface area contributed by atoms with Crippen LogP contribution in [0.4, 0.5) is 0 Å². The van der Waals surface area contributed by atoms with E-state index in [0.29, 0.717) is 36.4 Å². The van der Waals surface area contributed by atoms with Crippen molar-refractivity contribution in [2.75, 3.05) is 26.2 Å². The summed E-state index contributed by atoms with van der Waals surface area (Å²) in [6.45, 7) is 9.22. The van der Waals surface area contributed by atoms with Crippen LogP contribution >= 0.6 is 0 Å². The van der Waals surface area contributed by atoms with E-state index in [1.807, 2.05) is 0 Å². The van der Waals surface area contributed by atoms with Gasteiger partial charge in [0.05, 0.1) is 4.90 Å². The first-order chi connectivity index (χ1) is 12.8. The highest BCUT2D eigenvalue weighted by atomic mass is 32.2. The molecule has 4 unspecified atom stereocenters. The topological polar surface area (TPSA) is 78.5 Å². The number of piperidine rings is 2. The predicted octanol–water partition coefficient (Wildman–Crippen LogP) is 2.08. The maximum Gasteiger partial charge on any atom is 0.251 e. The van der Waals surface area contributed by atoms with Crippen LogP contribution in [0.25, 0.3) is 0 Å². The molecule has 0 aromatic heterocycles. The van der Waals surface area contributed by atoms with Crippen LogP contribution in [0.3, 0.4) is 0 Å². The number of benzene rings is 1. The zero-order chi connectivity index (χ0) is 19.6. The molecular weight excluding hydrogens is 362 g/mol. The molecule has 2 heterocycles. The summed E-state index contributed by atoms with van der Waals surface area (Å²) in [6.07, 6.45) is 1.96. The van der Waals surface area contributed by atoms with Gasteiger partial charge in [0.1, 0.15) is 0 Å². The summed E-state index contributed by atoms with van der Waals surface area (Å²) in [5.41, 5.74) is 0.500. The molecule has 0 radical (unpaired) electrons. The van der Waals surface area contributed by atoms with Gasteiger partial charge < -0.3 is 10.6 Å². The van der Waals surface area contributed by atoms with Crippen LogP contribution in [0.2, 0.25) is 0 Å². The molecule has 0 aliphatic carbocycles. The first-order valence-corrected chi connectivity index (χ1v) is 11.3. The zero-order valence-electron chi connectivity index (χ0n) is 16.4. The minimum Gasteiger partial charge on any atom is -0.349 e. The summed E-state index contributed by atoms with van der Waals surface area (Å²) in [5, 5.41) is 6.40. The van der Waals surface area contributed by atoms with Gasteiger partial charge in [0, 0.05) is 24.7 Å². The third kappa shape index (κ3) is 4.70. The summed E-state index contributed by atoms with van der Waals surface area (Å²) in [5.74, 6) is 0.962. The third-order valence-electron chi connectivity index (χ3n) is 5.69. The molecule has 0 spiro atoms. The number of hydrogen-bond acceptors (Lipinski definition) is 4. The van der Waals surface area contributed by atoms with Crippen LogP contribution in [0.1, 0.15) is 44.0 Å². The molecule has 2 fully saturated rings. The number of rotatable bonds is 4. The van der Waals surface area contributed by atoms with Crippen molar-refractivity contribution in [3.05, 3.63) is 29.8 Å². The molecule has 0 saturated carbocycles. The molecule has 2 saturated heterocycles. The van der Waals surface area contributed by atoms with Crippen molar-refractivity contribution in [3.8, 4) is 0 Å². The second-order valence-corrected chi connectivity index (χ2v) is 10.3. The van der Waals surface area contributed by atoms with Gasteiger partial charge in [0.25, 0.3) is 5.91 Å². The molecule has 1 aromatic carbocycles. The Balaban J connectivity index is 1.69. The molecule has 2 aliphatic rings. The Morgan fingerprint density at radius 1 is 1.11 bits per heavy atom. The Labute approximate surface area is 162 Å². The highest BCUT2D eigenvalue weighted by Gasteiger charge is 2.31. The van der Waals surface area contributed by atoms with Crippen LogP contribution in [-0.4, -0.2) is 50.9 Å². The Morgan fingerprint density at radius 3 is 2.33 bits per heavy atom. The molecule has 7 heteroatoms. The van der Waals surface area contributed by atoms with Crippen molar-refractivity contribution in [2.24, 2.45) is 17.8 Å². The number of nitrogens with zero attached hydrogens (tertiary/aromatic N) is 1. The first kappa shape index (κ1) is 20.3. The Kier molecular flexibility index (Phi) is 6.23. The van der Waals surface area contributed by atoms with Gasteiger partial charge in [-0.25, -0.2) is 8.42 Å². The molecule has 27 heavy (non-hydrogen) atoms. The Hall–Kier alpha value is -1.44. The van der Waals surface area contributed by atoms with Gasteiger partial charge >= 0.3 is 0 Å². The van der Waals surface area contributed by atoms with E-state index in [0.717, 1.165) is 25.9 Å². The van der Waals surface area contributed by atoms with Gasteiger partial charge in [-0.05, 0) is 68.0 Å². The molecule has 3 rings (SSSR count). The lowest BCUT2D eigenvalue weighted by atomic mass is 9.94.